The van der Waals surface area contributed by atoms with Crippen molar-refractivity contribution in [3.8, 4) is 0 Å². The summed E-state index contributed by atoms with van der Waals surface area (Å²) in [6, 6.07) is 5.03. The zero-order valence-electron chi connectivity index (χ0n) is 11.0. The zero-order chi connectivity index (χ0) is 13.8. The predicted molar refractivity (Wildman–Crippen MR) is 78.2 cm³/mol. The average molecular weight is 334 g/mol. The average Bonchev–Trinajstić information content (AvgIpc) is 2.29. The first-order valence-electron chi connectivity index (χ1n) is 6.15. The first kappa shape index (κ1) is 15.7. The van der Waals surface area contributed by atoms with Gasteiger partial charge in [0.15, 0.2) is 0 Å². The summed E-state index contributed by atoms with van der Waals surface area (Å²) >= 11 is 3.37. The minimum absolute atomic E-state index is 0.0288. The molecule has 1 aromatic rings. The molecule has 0 aromatic heterocycles. The van der Waals surface area contributed by atoms with Gasteiger partial charge in [0.25, 0.3) is 0 Å². The predicted octanol–water partition coefficient (Wildman–Crippen LogP) is 3.61. The van der Waals surface area contributed by atoms with Crippen molar-refractivity contribution in [1.82, 2.24) is 4.72 Å². The summed E-state index contributed by atoms with van der Waals surface area (Å²) in [5.41, 5.74) is 0.916. The van der Waals surface area contributed by atoms with Crippen LogP contribution in [0.2, 0.25) is 0 Å². The summed E-state index contributed by atoms with van der Waals surface area (Å²) < 4.78 is 27.9. The number of rotatable bonds is 6. The highest BCUT2D eigenvalue weighted by Gasteiger charge is 2.17. The van der Waals surface area contributed by atoms with E-state index in [9.17, 15) is 8.42 Å². The van der Waals surface area contributed by atoms with Gasteiger partial charge in [0, 0.05) is 10.5 Å². The van der Waals surface area contributed by atoms with Crippen LogP contribution in [0.4, 0.5) is 0 Å². The molecular weight excluding hydrogens is 314 g/mol. The lowest BCUT2D eigenvalue weighted by molar-refractivity contribution is 0.534. The number of nitrogens with one attached hydrogen (secondary N) is 1. The molecule has 1 N–H and O–H groups in total. The molecule has 3 nitrogen and oxygen atoms in total. The van der Waals surface area contributed by atoms with E-state index in [0.29, 0.717) is 4.90 Å². The van der Waals surface area contributed by atoms with Crippen LogP contribution in [0, 0.1) is 6.92 Å². The highest BCUT2D eigenvalue weighted by Crippen LogP contribution is 2.20. The maximum absolute atomic E-state index is 12.1. The zero-order valence-corrected chi connectivity index (χ0v) is 13.4. The molecule has 0 saturated carbocycles. The van der Waals surface area contributed by atoms with Gasteiger partial charge in [-0.25, -0.2) is 13.1 Å². The van der Waals surface area contributed by atoms with Gasteiger partial charge < -0.3 is 0 Å². The fourth-order valence-electron chi connectivity index (χ4n) is 1.69. The number of sulfonamides is 1. The van der Waals surface area contributed by atoms with E-state index in [4.69, 9.17) is 0 Å². The van der Waals surface area contributed by atoms with Gasteiger partial charge in [-0.1, -0.05) is 35.7 Å². The Morgan fingerprint density at radius 2 is 2.06 bits per heavy atom. The van der Waals surface area contributed by atoms with Crippen molar-refractivity contribution in [1.29, 1.82) is 0 Å². The van der Waals surface area contributed by atoms with Crippen molar-refractivity contribution in [2.75, 3.05) is 0 Å². The monoisotopic (exact) mass is 333 g/mol. The van der Waals surface area contributed by atoms with E-state index in [1.807, 2.05) is 13.8 Å². The molecule has 102 valence electrons. The Morgan fingerprint density at radius 1 is 1.39 bits per heavy atom. The molecule has 0 radical (unpaired) electrons. The molecule has 0 saturated heterocycles. The summed E-state index contributed by atoms with van der Waals surface area (Å²) in [6.07, 6.45) is 2.97. The third kappa shape index (κ3) is 4.37. The Hall–Kier alpha value is -0.390. The quantitative estimate of drug-likeness (QED) is 0.864. The highest BCUT2D eigenvalue weighted by atomic mass is 79.9. The van der Waals surface area contributed by atoms with Crippen LogP contribution in [0.15, 0.2) is 27.6 Å². The number of hydrogen-bond acceptors (Lipinski definition) is 2. The van der Waals surface area contributed by atoms with Gasteiger partial charge in [0.05, 0.1) is 4.90 Å². The van der Waals surface area contributed by atoms with Crippen LogP contribution >= 0.6 is 15.9 Å². The Bertz CT molecular complexity index is 500. The summed E-state index contributed by atoms with van der Waals surface area (Å²) in [6.45, 7) is 5.88. The molecule has 0 fully saturated rings. The second-order valence-electron chi connectivity index (χ2n) is 4.58. The second kappa shape index (κ2) is 6.68. The molecule has 0 heterocycles. The first-order chi connectivity index (χ1) is 8.36. The van der Waals surface area contributed by atoms with E-state index in [1.54, 1.807) is 18.2 Å². The van der Waals surface area contributed by atoms with Crippen molar-refractivity contribution in [2.45, 2.75) is 51.0 Å². The van der Waals surface area contributed by atoms with Gasteiger partial charge in [-0.3, -0.25) is 0 Å². The van der Waals surface area contributed by atoms with Gasteiger partial charge in [-0.2, -0.15) is 0 Å². The molecule has 0 aliphatic carbocycles. The molecular formula is C13H20BrNO2S. The Labute approximate surface area is 118 Å². The number of hydrogen-bond donors (Lipinski definition) is 1. The molecule has 18 heavy (non-hydrogen) atoms. The number of halogens is 1. The smallest absolute Gasteiger partial charge is 0.208 e. The maximum Gasteiger partial charge on any atom is 0.240 e. The summed E-state index contributed by atoms with van der Waals surface area (Å²) in [5.74, 6) is 0. The van der Waals surface area contributed by atoms with Gasteiger partial charge in [0.1, 0.15) is 0 Å². The summed E-state index contributed by atoms with van der Waals surface area (Å²) in [4.78, 5) is 0.326. The first-order valence-corrected chi connectivity index (χ1v) is 8.43. The molecule has 0 aliphatic rings. The maximum atomic E-state index is 12.1. The van der Waals surface area contributed by atoms with Crippen LogP contribution in [0.1, 0.15) is 38.7 Å². The van der Waals surface area contributed by atoms with Gasteiger partial charge >= 0.3 is 0 Å². The van der Waals surface area contributed by atoms with Crippen molar-refractivity contribution >= 4 is 26.0 Å². The van der Waals surface area contributed by atoms with Gasteiger partial charge in [-0.15, -0.1) is 0 Å². The minimum Gasteiger partial charge on any atom is -0.208 e. The van der Waals surface area contributed by atoms with Gasteiger partial charge in [0.2, 0.25) is 10.0 Å². The van der Waals surface area contributed by atoms with E-state index in [2.05, 4.69) is 27.6 Å². The lowest BCUT2D eigenvalue weighted by Gasteiger charge is -2.14. The van der Waals surface area contributed by atoms with Crippen molar-refractivity contribution < 1.29 is 8.42 Å². The highest BCUT2D eigenvalue weighted by molar-refractivity contribution is 9.10. The van der Waals surface area contributed by atoms with E-state index >= 15 is 0 Å². The van der Waals surface area contributed by atoms with Crippen LogP contribution in [0.3, 0.4) is 0 Å². The Balaban J connectivity index is 2.83. The molecule has 1 unspecified atom stereocenters. The SMILES string of the molecule is CCCCC(C)NS(=O)(=O)c1ccc(Br)c(C)c1. The van der Waals surface area contributed by atoms with Crippen LogP contribution in [-0.2, 0) is 10.0 Å². The number of unbranched alkanes of at least 4 members (excludes halogenated alkanes) is 1. The molecule has 1 atom stereocenters. The molecule has 0 amide bonds. The fourth-order valence-corrected chi connectivity index (χ4v) is 3.30. The molecule has 5 heteroatoms. The molecule has 0 bridgehead atoms. The molecule has 1 aromatic carbocycles. The van der Waals surface area contributed by atoms with Crippen LogP contribution in [0.25, 0.3) is 0 Å². The lowest BCUT2D eigenvalue weighted by atomic mass is 10.2. The molecule has 0 aliphatic heterocycles. The van der Waals surface area contributed by atoms with Crippen molar-refractivity contribution in [2.24, 2.45) is 0 Å². The standard InChI is InChI=1S/C13H20BrNO2S/c1-4-5-6-11(3)15-18(16,17)12-7-8-13(14)10(2)9-12/h7-9,11,15H,4-6H2,1-3H3. The van der Waals surface area contributed by atoms with E-state index in [-0.39, 0.29) is 6.04 Å². The Kier molecular flexibility index (Phi) is 5.82. The number of benzene rings is 1. The van der Waals surface area contributed by atoms with Crippen LogP contribution < -0.4 is 4.72 Å². The largest absolute Gasteiger partial charge is 0.240 e. The second-order valence-corrected chi connectivity index (χ2v) is 7.14. The lowest BCUT2D eigenvalue weighted by Crippen LogP contribution is -2.32. The third-order valence-electron chi connectivity index (χ3n) is 2.79. The summed E-state index contributed by atoms with van der Waals surface area (Å²) in [7, 11) is -3.40. The van der Waals surface area contributed by atoms with Crippen molar-refractivity contribution in [3.05, 3.63) is 28.2 Å². The van der Waals surface area contributed by atoms with E-state index in [1.165, 1.54) is 0 Å². The molecule has 0 spiro atoms. The third-order valence-corrected chi connectivity index (χ3v) is 5.26. The minimum atomic E-state index is -3.40. The van der Waals surface area contributed by atoms with Crippen LogP contribution in [-0.4, -0.2) is 14.5 Å². The van der Waals surface area contributed by atoms with E-state index < -0.39 is 10.0 Å². The van der Waals surface area contributed by atoms with Crippen molar-refractivity contribution in [3.63, 3.8) is 0 Å². The number of aryl methyl sites for hydroxylation is 1. The normalized spacial score (nSPS) is 13.6. The summed E-state index contributed by atoms with van der Waals surface area (Å²) in [5, 5.41) is 0. The topological polar surface area (TPSA) is 46.2 Å². The van der Waals surface area contributed by atoms with Crippen LogP contribution in [0.5, 0.6) is 0 Å². The van der Waals surface area contributed by atoms with E-state index in [0.717, 1.165) is 29.3 Å². The van der Waals surface area contributed by atoms with Gasteiger partial charge in [-0.05, 0) is 44.0 Å². The fraction of sp³-hybridized carbons (Fsp3) is 0.538. The Morgan fingerprint density at radius 3 is 2.61 bits per heavy atom. The molecule has 1 rings (SSSR count).